The van der Waals surface area contributed by atoms with Crippen molar-refractivity contribution in [2.24, 2.45) is 12.8 Å². The first-order valence-corrected chi connectivity index (χ1v) is 4.14. The van der Waals surface area contributed by atoms with E-state index in [4.69, 9.17) is 10.5 Å². The number of nitrogens with two attached hydrogens (primary N) is 1. The maximum Gasteiger partial charge on any atom is 0.223 e. The molecule has 0 saturated carbocycles. The molecule has 0 bridgehead atoms. The zero-order chi connectivity index (χ0) is 9.84. The molecule has 4 heteroatoms. The van der Waals surface area contributed by atoms with Crippen molar-refractivity contribution >= 4 is 0 Å². The van der Waals surface area contributed by atoms with Crippen molar-refractivity contribution in [1.29, 1.82) is 0 Å². The fraction of sp³-hybridized carbons (Fsp3) is 0.444. The Bertz CT molecular complexity index is 331. The Kier molecular flexibility index (Phi) is 3.08. The summed E-state index contributed by atoms with van der Waals surface area (Å²) in [7, 11) is 1.83. The van der Waals surface area contributed by atoms with Gasteiger partial charge < -0.3 is 15.0 Å². The summed E-state index contributed by atoms with van der Waals surface area (Å²) in [6.45, 7) is 2.19. The maximum atomic E-state index is 11.2. The van der Waals surface area contributed by atoms with Gasteiger partial charge in [0, 0.05) is 31.5 Å². The summed E-state index contributed by atoms with van der Waals surface area (Å²) in [5, 5.41) is 0. The van der Waals surface area contributed by atoms with Gasteiger partial charge in [-0.15, -0.1) is 0 Å². The zero-order valence-electron chi connectivity index (χ0n) is 7.86. The Labute approximate surface area is 76.9 Å². The quantitative estimate of drug-likeness (QED) is 0.722. The minimum absolute atomic E-state index is 0.0649. The van der Waals surface area contributed by atoms with Crippen LogP contribution in [0.2, 0.25) is 0 Å². The lowest BCUT2D eigenvalue weighted by Gasteiger charge is -2.08. The molecule has 0 spiro atoms. The number of rotatable bonds is 3. The van der Waals surface area contributed by atoms with Gasteiger partial charge in [-0.1, -0.05) is 0 Å². The van der Waals surface area contributed by atoms with Gasteiger partial charge in [-0.3, -0.25) is 4.79 Å². The predicted octanol–water partition coefficient (Wildman–Crippen LogP) is 0.111. The van der Waals surface area contributed by atoms with E-state index in [1.165, 1.54) is 6.07 Å². The van der Waals surface area contributed by atoms with Crippen molar-refractivity contribution < 1.29 is 4.74 Å². The minimum Gasteiger partial charge on any atom is -0.486 e. The molecule has 0 aliphatic heterocycles. The van der Waals surface area contributed by atoms with Crippen LogP contribution in [0, 0.1) is 0 Å². The van der Waals surface area contributed by atoms with Gasteiger partial charge >= 0.3 is 0 Å². The Morgan fingerprint density at radius 3 is 3.00 bits per heavy atom. The Morgan fingerprint density at radius 2 is 2.38 bits per heavy atom. The lowest BCUT2D eigenvalue weighted by molar-refractivity contribution is 0.291. The maximum absolute atomic E-state index is 11.2. The van der Waals surface area contributed by atoms with E-state index in [0.29, 0.717) is 12.4 Å². The molecule has 0 aliphatic carbocycles. The van der Waals surface area contributed by atoms with Crippen molar-refractivity contribution in [1.82, 2.24) is 4.57 Å². The highest BCUT2D eigenvalue weighted by Crippen LogP contribution is 2.00. The number of hydrogen-bond acceptors (Lipinski definition) is 3. The molecule has 0 aromatic carbocycles. The van der Waals surface area contributed by atoms with Gasteiger partial charge in [-0.05, 0) is 6.92 Å². The molecule has 72 valence electrons. The van der Waals surface area contributed by atoms with E-state index in [2.05, 4.69) is 0 Å². The largest absolute Gasteiger partial charge is 0.486 e. The number of pyridine rings is 1. The summed E-state index contributed by atoms with van der Waals surface area (Å²) in [5.41, 5.74) is 5.38. The number of ether oxygens (including phenoxy) is 1. The van der Waals surface area contributed by atoms with Crippen molar-refractivity contribution in [2.45, 2.75) is 13.0 Å². The SMILES string of the molecule is CC(N)COc1cn(C)ccc1=O. The molecule has 0 amide bonds. The van der Waals surface area contributed by atoms with Crippen LogP contribution in [0.5, 0.6) is 5.75 Å². The monoisotopic (exact) mass is 182 g/mol. The topological polar surface area (TPSA) is 57.2 Å². The Hall–Kier alpha value is -1.29. The molecule has 2 N–H and O–H groups in total. The fourth-order valence-electron chi connectivity index (χ4n) is 0.889. The summed E-state index contributed by atoms with van der Waals surface area (Å²) < 4.78 is 6.98. The molecule has 0 aliphatic rings. The van der Waals surface area contributed by atoms with Crippen LogP contribution in [0.3, 0.4) is 0 Å². The average molecular weight is 182 g/mol. The average Bonchev–Trinajstić information content (AvgIpc) is 2.06. The molecule has 13 heavy (non-hydrogen) atoms. The summed E-state index contributed by atoms with van der Waals surface area (Å²) in [6, 6.07) is 1.40. The highest BCUT2D eigenvalue weighted by atomic mass is 16.5. The lowest BCUT2D eigenvalue weighted by Crippen LogP contribution is -2.25. The van der Waals surface area contributed by atoms with Crippen molar-refractivity contribution in [3.8, 4) is 5.75 Å². The second-order valence-electron chi connectivity index (χ2n) is 3.13. The van der Waals surface area contributed by atoms with E-state index in [1.54, 1.807) is 17.0 Å². The molecule has 1 rings (SSSR count). The molecular weight excluding hydrogens is 168 g/mol. The Balaban J connectivity index is 2.76. The van der Waals surface area contributed by atoms with E-state index in [0.717, 1.165) is 0 Å². The van der Waals surface area contributed by atoms with E-state index in [1.807, 2.05) is 14.0 Å². The van der Waals surface area contributed by atoms with Crippen LogP contribution < -0.4 is 15.9 Å². The van der Waals surface area contributed by atoms with Crippen molar-refractivity contribution in [3.63, 3.8) is 0 Å². The van der Waals surface area contributed by atoms with Gasteiger partial charge in [0.15, 0.2) is 5.75 Å². The lowest BCUT2D eigenvalue weighted by atomic mass is 10.4. The standard InChI is InChI=1S/C9H14N2O2/c1-7(10)6-13-9-5-11(2)4-3-8(9)12/h3-5,7H,6,10H2,1-2H3. The summed E-state index contributed by atoms with van der Waals surface area (Å²) >= 11 is 0. The number of nitrogens with zero attached hydrogens (tertiary/aromatic N) is 1. The molecule has 1 atom stereocenters. The first kappa shape index (κ1) is 9.80. The van der Waals surface area contributed by atoms with E-state index in [-0.39, 0.29) is 11.5 Å². The van der Waals surface area contributed by atoms with Crippen LogP contribution in [0.1, 0.15) is 6.92 Å². The van der Waals surface area contributed by atoms with Crippen LogP contribution >= 0.6 is 0 Å². The molecule has 1 aromatic rings. The molecule has 1 unspecified atom stereocenters. The molecule has 4 nitrogen and oxygen atoms in total. The highest BCUT2D eigenvalue weighted by Gasteiger charge is 2.01. The van der Waals surface area contributed by atoms with Crippen LogP contribution in [0.15, 0.2) is 23.3 Å². The van der Waals surface area contributed by atoms with Gasteiger partial charge in [0.05, 0.1) is 0 Å². The second kappa shape index (κ2) is 4.09. The van der Waals surface area contributed by atoms with Gasteiger partial charge in [0.2, 0.25) is 5.43 Å². The molecule has 1 aromatic heterocycles. The second-order valence-corrected chi connectivity index (χ2v) is 3.13. The molecular formula is C9H14N2O2. The van der Waals surface area contributed by atoms with Crippen LogP contribution in [0.4, 0.5) is 0 Å². The van der Waals surface area contributed by atoms with Gasteiger partial charge in [0.25, 0.3) is 0 Å². The molecule has 0 fully saturated rings. The third-order valence-corrected chi connectivity index (χ3v) is 1.53. The fourth-order valence-corrected chi connectivity index (χ4v) is 0.889. The molecule has 0 saturated heterocycles. The minimum atomic E-state index is -0.112. The van der Waals surface area contributed by atoms with E-state index < -0.39 is 0 Å². The van der Waals surface area contributed by atoms with Gasteiger partial charge in [-0.25, -0.2) is 0 Å². The summed E-state index contributed by atoms with van der Waals surface area (Å²) in [4.78, 5) is 11.2. The third-order valence-electron chi connectivity index (χ3n) is 1.53. The molecule has 0 radical (unpaired) electrons. The Morgan fingerprint density at radius 1 is 1.69 bits per heavy atom. The van der Waals surface area contributed by atoms with Gasteiger partial charge in [-0.2, -0.15) is 0 Å². The van der Waals surface area contributed by atoms with Crippen LogP contribution in [-0.4, -0.2) is 17.2 Å². The van der Waals surface area contributed by atoms with E-state index in [9.17, 15) is 4.79 Å². The summed E-state index contributed by atoms with van der Waals surface area (Å²) in [5.74, 6) is 0.349. The zero-order valence-corrected chi connectivity index (χ0v) is 7.86. The van der Waals surface area contributed by atoms with Crippen LogP contribution in [-0.2, 0) is 7.05 Å². The number of aromatic nitrogens is 1. The van der Waals surface area contributed by atoms with Gasteiger partial charge in [0.1, 0.15) is 6.61 Å². The third kappa shape index (κ3) is 2.91. The number of aryl methyl sites for hydroxylation is 1. The van der Waals surface area contributed by atoms with Crippen molar-refractivity contribution in [3.05, 3.63) is 28.7 Å². The van der Waals surface area contributed by atoms with E-state index >= 15 is 0 Å². The normalized spacial score (nSPS) is 12.5. The number of hydrogen-bond donors (Lipinski definition) is 1. The highest BCUT2D eigenvalue weighted by molar-refractivity contribution is 5.17. The molecule has 1 heterocycles. The predicted molar refractivity (Wildman–Crippen MR) is 50.8 cm³/mol. The summed E-state index contributed by atoms with van der Waals surface area (Å²) in [6.07, 6.45) is 3.33. The first-order valence-electron chi connectivity index (χ1n) is 4.14. The first-order chi connectivity index (χ1) is 6.09. The smallest absolute Gasteiger partial charge is 0.223 e. The van der Waals surface area contributed by atoms with Crippen LogP contribution in [0.25, 0.3) is 0 Å². The van der Waals surface area contributed by atoms with Crippen molar-refractivity contribution in [2.75, 3.05) is 6.61 Å².